The molecule has 0 spiro atoms. The highest BCUT2D eigenvalue weighted by Gasteiger charge is 2.19. The predicted molar refractivity (Wildman–Crippen MR) is 65.0 cm³/mol. The molecule has 17 heavy (non-hydrogen) atoms. The van der Waals surface area contributed by atoms with Gasteiger partial charge in [-0.2, -0.15) is 0 Å². The summed E-state index contributed by atoms with van der Waals surface area (Å²) < 4.78 is 0. The van der Waals surface area contributed by atoms with E-state index in [-0.39, 0.29) is 30.1 Å². The fourth-order valence-corrected chi connectivity index (χ4v) is 1.32. The quantitative estimate of drug-likeness (QED) is 0.603. The van der Waals surface area contributed by atoms with Gasteiger partial charge in [-0.15, -0.1) is 0 Å². The summed E-state index contributed by atoms with van der Waals surface area (Å²) in [5.41, 5.74) is 0.701. The average molecular weight is 239 g/mol. The van der Waals surface area contributed by atoms with Gasteiger partial charge in [0.05, 0.1) is 4.92 Å². The normalized spacial score (nSPS) is 14.1. The molecule has 0 bridgehead atoms. The molecule has 6 heteroatoms. The van der Waals surface area contributed by atoms with Crippen LogP contribution in [0, 0.1) is 23.0 Å². The summed E-state index contributed by atoms with van der Waals surface area (Å²) in [6, 6.07) is 1.39. The summed E-state index contributed by atoms with van der Waals surface area (Å²) in [6.45, 7) is 5.49. The van der Waals surface area contributed by atoms with Crippen LogP contribution in [0.25, 0.3) is 0 Å². The Morgan fingerprint density at radius 3 is 2.76 bits per heavy atom. The number of hydrogen-bond acceptors (Lipinski definition) is 5. The SMILES string of the molecule is Cc1cnc(NC(C)C(C)CO)c([N+](=O)[O-])c1. The molecular formula is C11H17N3O3. The van der Waals surface area contributed by atoms with Crippen LogP contribution >= 0.6 is 0 Å². The number of pyridine rings is 1. The third-order valence-electron chi connectivity index (χ3n) is 2.71. The number of aliphatic hydroxyl groups is 1. The molecule has 2 unspecified atom stereocenters. The van der Waals surface area contributed by atoms with Gasteiger partial charge >= 0.3 is 5.69 Å². The molecule has 0 aliphatic carbocycles. The van der Waals surface area contributed by atoms with Crippen LogP contribution in [-0.4, -0.2) is 27.7 Å². The molecule has 1 rings (SSSR count). The lowest BCUT2D eigenvalue weighted by molar-refractivity contribution is -0.384. The largest absolute Gasteiger partial charge is 0.396 e. The van der Waals surface area contributed by atoms with E-state index in [1.165, 1.54) is 6.07 Å². The van der Waals surface area contributed by atoms with Crippen LogP contribution in [0.1, 0.15) is 19.4 Å². The van der Waals surface area contributed by atoms with Gasteiger partial charge in [0.15, 0.2) is 0 Å². The number of hydrogen-bond donors (Lipinski definition) is 2. The second kappa shape index (κ2) is 5.58. The Labute approximate surface area is 99.8 Å². The van der Waals surface area contributed by atoms with Crippen molar-refractivity contribution in [3.63, 3.8) is 0 Å². The minimum atomic E-state index is -0.460. The zero-order valence-corrected chi connectivity index (χ0v) is 10.2. The van der Waals surface area contributed by atoms with Crippen molar-refractivity contribution < 1.29 is 10.0 Å². The zero-order valence-electron chi connectivity index (χ0n) is 10.2. The maximum absolute atomic E-state index is 10.9. The Morgan fingerprint density at radius 2 is 2.24 bits per heavy atom. The third kappa shape index (κ3) is 3.39. The molecule has 2 atom stereocenters. The van der Waals surface area contributed by atoms with Crippen molar-refractivity contribution in [2.75, 3.05) is 11.9 Å². The number of rotatable bonds is 5. The Morgan fingerprint density at radius 1 is 1.59 bits per heavy atom. The van der Waals surface area contributed by atoms with Crippen molar-refractivity contribution in [3.05, 3.63) is 27.9 Å². The van der Waals surface area contributed by atoms with Gasteiger partial charge in [-0.1, -0.05) is 6.92 Å². The number of nitro groups is 1. The molecule has 0 saturated carbocycles. The number of nitrogens with one attached hydrogen (secondary N) is 1. The number of aliphatic hydroxyl groups excluding tert-OH is 1. The molecule has 0 aliphatic rings. The number of aromatic nitrogens is 1. The molecule has 1 heterocycles. The van der Waals surface area contributed by atoms with Gasteiger partial charge in [-0.05, 0) is 25.3 Å². The monoisotopic (exact) mass is 239 g/mol. The highest BCUT2D eigenvalue weighted by Crippen LogP contribution is 2.24. The summed E-state index contributed by atoms with van der Waals surface area (Å²) in [6.07, 6.45) is 1.58. The molecule has 6 nitrogen and oxygen atoms in total. The first-order valence-electron chi connectivity index (χ1n) is 5.44. The summed E-state index contributed by atoms with van der Waals surface area (Å²) in [5.74, 6) is 0.242. The first-order chi connectivity index (χ1) is 7.95. The molecule has 1 aromatic rings. The Hall–Kier alpha value is -1.69. The molecule has 1 aromatic heterocycles. The van der Waals surface area contributed by atoms with Crippen LogP contribution in [0.2, 0.25) is 0 Å². The standard InChI is InChI=1S/C11H17N3O3/c1-7-4-10(14(16)17)11(12-5-7)13-9(3)8(2)6-15/h4-5,8-9,15H,6H2,1-3H3,(H,12,13). The lowest BCUT2D eigenvalue weighted by Crippen LogP contribution is -2.27. The van der Waals surface area contributed by atoms with Crippen LogP contribution in [0.5, 0.6) is 0 Å². The molecule has 0 fully saturated rings. The van der Waals surface area contributed by atoms with E-state index < -0.39 is 4.92 Å². The molecule has 0 aromatic carbocycles. The van der Waals surface area contributed by atoms with E-state index in [2.05, 4.69) is 10.3 Å². The average Bonchev–Trinajstić information content (AvgIpc) is 2.29. The molecule has 94 valence electrons. The minimum Gasteiger partial charge on any atom is -0.396 e. The highest BCUT2D eigenvalue weighted by atomic mass is 16.6. The maximum atomic E-state index is 10.9. The van der Waals surface area contributed by atoms with Gasteiger partial charge < -0.3 is 10.4 Å². The van der Waals surface area contributed by atoms with Crippen molar-refractivity contribution in [1.29, 1.82) is 0 Å². The van der Waals surface area contributed by atoms with Crippen molar-refractivity contribution >= 4 is 11.5 Å². The molecule has 0 saturated heterocycles. The smallest absolute Gasteiger partial charge is 0.311 e. The van der Waals surface area contributed by atoms with Crippen molar-refractivity contribution in [1.82, 2.24) is 4.98 Å². The molecule has 0 aliphatic heterocycles. The van der Waals surface area contributed by atoms with E-state index in [0.717, 1.165) is 5.56 Å². The van der Waals surface area contributed by atoms with Crippen LogP contribution in [0.3, 0.4) is 0 Å². The van der Waals surface area contributed by atoms with Gasteiger partial charge in [-0.25, -0.2) is 4.98 Å². The van der Waals surface area contributed by atoms with Gasteiger partial charge in [0.1, 0.15) is 0 Å². The second-order valence-electron chi connectivity index (χ2n) is 4.23. The predicted octanol–water partition coefficient (Wildman–Crippen LogP) is 1.73. The van der Waals surface area contributed by atoms with Crippen molar-refractivity contribution in [3.8, 4) is 0 Å². The van der Waals surface area contributed by atoms with Crippen LogP contribution < -0.4 is 5.32 Å². The number of nitrogens with zero attached hydrogens (tertiary/aromatic N) is 2. The number of anilines is 1. The van der Waals surface area contributed by atoms with Crippen LogP contribution in [0.4, 0.5) is 11.5 Å². The summed E-state index contributed by atoms with van der Waals surface area (Å²) >= 11 is 0. The fourth-order valence-electron chi connectivity index (χ4n) is 1.32. The van der Waals surface area contributed by atoms with Crippen LogP contribution in [0.15, 0.2) is 12.3 Å². The van der Waals surface area contributed by atoms with Gasteiger partial charge in [0.25, 0.3) is 0 Å². The lowest BCUT2D eigenvalue weighted by atomic mass is 10.1. The number of aryl methyl sites for hydroxylation is 1. The van der Waals surface area contributed by atoms with Gasteiger partial charge in [0.2, 0.25) is 5.82 Å². The summed E-state index contributed by atoms with van der Waals surface area (Å²) in [7, 11) is 0. The lowest BCUT2D eigenvalue weighted by Gasteiger charge is -2.19. The van der Waals surface area contributed by atoms with E-state index in [1.54, 1.807) is 13.1 Å². The maximum Gasteiger partial charge on any atom is 0.311 e. The summed E-state index contributed by atoms with van der Waals surface area (Å²) in [5, 5.41) is 22.8. The molecule has 0 amide bonds. The molecule has 0 radical (unpaired) electrons. The van der Waals surface area contributed by atoms with Gasteiger partial charge in [-0.3, -0.25) is 10.1 Å². The highest BCUT2D eigenvalue weighted by molar-refractivity contribution is 5.57. The third-order valence-corrected chi connectivity index (χ3v) is 2.71. The first-order valence-corrected chi connectivity index (χ1v) is 5.44. The Kier molecular flexibility index (Phi) is 4.39. The Bertz CT molecular complexity index is 409. The van der Waals surface area contributed by atoms with Crippen molar-refractivity contribution in [2.24, 2.45) is 5.92 Å². The van der Waals surface area contributed by atoms with Gasteiger partial charge in [0, 0.05) is 24.9 Å². The van der Waals surface area contributed by atoms with E-state index in [1.807, 2.05) is 13.8 Å². The molecule has 2 N–H and O–H groups in total. The Balaban J connectivity index is 2.94. The zero-order chi connectivity index (χ0) is 13.0. The second-order valence-corrected chi connectivity index (χ2v) is 4.23. The van der Waals surface area contributed by atoms with E-state index in [0.29, 0.717) is 0 Å². The fraction of sp³-hybridized carbons (Fsp3) is 0.545. The summed E-state index contributed by atoms with van der Waals surface area (Å²) in [4.78, 5) is 14.4. The van der Waals surface area contributed by atoms with E-state index in [9.17, 15) is 10.1 Å². The van der Waals surface area contributed by atoms with Crippen LogP contribution in [-0.2, 0) is 0 Å². The minimum absolute atomic E-state index is 0.00212. The topological polar surface area (TPSA) is 88.3 Å². The first kappa shape index (κ1) is 13.4. The van der Waals surface area contributed by atoms with E-state index >= 15 is 0 Å². The molecular weight excluding hydrogens is 222 g/mol. The van der Waals surface area contributed by atoms with E-state index in [4.69, 9.17) is 5.11 Å². The van der Waals surface area contributed by atoms with Crippen molar-refractivity contribution in [2.45, 2.75) is 26.8 Å².